The van der Waals surface area contributed by atoms with Gasteiger partial charge in [0.25, 0.3) is 11.1 Å². The minimum atomic E-state index is -10.7. The number of aromatic amines is 2. The van der Waals surface area contributed by atoms with E-state index in [0.29, 0.717) is 26.2 Å². The fourth-order valence-electron chi connectivity index (χ4n) is 7.00. The molecule has 111 heavy (non-hydrogen) atoms. The molecule has 63 heteroatoms. The van der Waals surface area contributed by atoms with Gasteiger partial charge in [-0.1, -0.05) is 121 Å². The topological polar surface area (TPSA) is 707 Å². The van der Waals surface area contributed by atoms with E-state index in [2.05, 4.69) is 127 Å². The number of imidazole rings is 2. The number of aliphatic hydroxyl groups excluding tert-OH is 6. The van der Waals surface area contributed by atoms with Crippen LogP contribution in [0.4, 0.5) is 113 Å². The number of rotatable bonds is 8. The summed E-state index contributed by atoms with van der Waals surface area (Å²) in [5, 5.41) is 57.5. The molecule has 2 fully saturated rings. The van der Waals surface area contributed by atoms with E-state index in [4.69, 9.17) is 54.1 Å². The van der Waals surface area contributed by atoms with Gasteiger partial charge in [0.05, 0.1) is 25.9 Å². The standard InChI is InChI=1S/2C12H10.2C10H13N5O5.2C2H8N2.4F6P.9H2O.2Ru/c2*1-3-7-11(8-4-1)12-9-5-2-6-10-12;2*11-10-13-7-4(8(19)14-10)12-2-15(7)9-6(18)5(17)3(1-16)20-9;2*3-1-2-4;4*1-7(2,3,4,5)6;;;;;;;;;;;/h2*1-10H;2*2-3,5-6,9,16-18H,1H2,(H3,11,13,14,19);2*1-4H2;;;;;9*1H2;;/q;;;;;;4*-1;;;;;;;;;;2*+2/t;;2*3-,5-,6-,9-;;;;;;;;;;;;;;;;;/m..11................./s1. The molecular formula is C48H80F24N14O19P4Ru2. The number of nitrogens with one attached hydrogen (secondary N) is 2. The number of fused-ring (bicyclic) bond motifs is 2. The molecule has 0 amide bonds. The van der Waals surface area contributed by atoms with Crippen LogP contribution in [-0.4, -0.2) is 195 Å². The Morgan fingerprint density at radius 1 is 0.360 bits per heavy atom. The molecule has 4 aromatic heterocycles. The van der Waals surface area contributed by atoms with Crippen LogP contribution in [0.5, 0.6) is 0 Å². The summed E-state index contributed by atoms with van der Waals surface area (Å²) in [6.45, 7) is 1.50. The third-order valence-electron chi connectivity index (χ3n) is 10.6. The Morgan fingerprint density at radius 3 is 0.694 bits per heavy atom. The molecule has 8 atom stereocenters. The third-order valence-corrected chi connectivity index (χ3v) is 10.6. The van der Waals surface area contributed by atoms with Crippen LogP contribution in [0.1, 0.15) is 12.5 Å². The number of benzene rings is 4. The molecule has 0 radical (unpaired) electrons. The molecular weight excluding hydrogens is 1860 g/mol. The summed E-state index contributed by atoms with van der Waals surface area (Å²) in [6.07, 6.45) is -6.43. The van der Waals surface area contributed by atoms with E-state index in [1.807, 2.05) is 24.3 Å². The summed E-state index contributed by atoms with van der Waals surface area (Å²) < 4.78 is 250. The zero-order chi connectivity index (χ0) is 77.8. The maximum absolute atomic E-state index is 11.7. The number of nitrogens with zero attached hydrogens (tertiary/aromatic N) is 6. The Morgan fingerprint density at radius 2 is 0.541 bits per heavy atom. The van der Waals surface area contributed by atoms with Crippen molar-refractivity contribution in [3.8, 4) is 22.3 Å². The molecule has 2 aliphatic heterocycles. The molecule has 10 rings (SSSR count). The van der Waals surface area contributed by atoms with Crippen LogP contribution in [0.2, 0.25) is 0 Å². The number of hydrogen-bond donors (Lipinski definition) is 14. The van der Waals surface area contributed by atoms with Gasteiger partial charge in [-0.2, -0.15) is 9.97 Å². The molecule has 0 bridgehead atoms. The Kier molecular flexibility index (Phi) is 52.0. The molecule has 0 spiro atoms. The maximum Gasteiger partial charge on any atom is 2.00 e. The largest absolute Gasteiger partial charge is 2.00 e. The van der Waals surface area contributed by atoms with Crippen molar-refractivity contribution < 1.29 is 229 Å². The molecule has 0 aliphatic carbocycles. The van der Waals surface area contributed by atoms with E-state index < -0.39 is 105 Å². The molecule has 0 unspecified atom stereocenters. The Bertz CT molecular complexity index is 3550. The Labute approximate surface area is 631 Å². The predicted octanol–water partition coefficient (Wildman–Crippen LogP) is 5.24. The van der Waals surface area contributed by atoms with E-state index in [1.54, 1.807) is 0 Å². The Balaban J connectivity index is -0.000000115. The first kappa shape index (κ1) is 128. The SMILES string of the molecule is F[P-](F)(F)(F)(F)F.F[P-](F)(F)(F)(F)F.F[P-](F)(F)(F)(F)F.F[P-](F)(F)(F)(F)F.NCCN.NCCN.Nc1nc2c(ncn2[C@@H]2O[C@H](CO)[C@@H](O)[C@H]2O)c(=O)[nH]1.Nc1nc2c(ncn2[C@@H]2O[C@H](CO)[C@@H](O)[C@H]2O)c(=O)[nH]1.O.O.O.O.O.O.O.O.O.[Ru+2].[Ru+2].c1ccc(-c2ccccc2)cc1.c1ccc(-c2ccccc2)cc1. The van der Waals surface area contributed by atoms with Crippen LogP contribution in [0.15, 0.2) is 144 Å². The summed E-state index contributed by atoms with van der Waals surface area (Å²) in [5.41, 5.74) is 34.9. The van der Waals surface area contributed by atoms with E-state index in [1.165, 1.54) is 44.0 Å². The van der Waals surface area contributed by atoms with Crippen LogP contribution >= 0.6 is 31.2 Å². The normalized spacial score (nSPS) is 19.3. The monoisotopic (exact) mass is 1940 g/mol. The number of nitrogens with two attached hydrogens (primary N) is 6. The van der Waals surface area contributed by atoms with Gasteiger partial charge in [-0.05, 0) is 22.3 Å². The van der Waals surface area contributed by atoms with Gasteiger partial charge < -0.3 is 124 Å². The van der Waals surface area contributed by atoms with Gasteiger partial charge in [0.15, 0.2) is 34.8 Å². The van der Waals surface area contributed by atoms with E-state index in [0.717, 1.165) is 0 Å². The van der Waals surface area contributed by atoms with Crippen LogP contribution in [0.3, 0.4) is 0 Å². The second-order valence-electron chi connectivity index (χ2n) is 19.5. The van der Waals surface area contributed by atoms with Crippen molar-refractivity contribution in [3.63, 3.8) is 0 Å². The zero-order valence-electron chi connectivity index (χ0n) is 55.1. The summed E-state index contributed by atoms with van der Waals surface area (Å²) >= 11 is 0. The van der Waals surface area contributed by atoms with Crippen LogP contribution in [-0.2, 0) is 48.4 Å². The number of anilines is 2. The zero-order valence-corrected chi connectivity index (χ0v) is 62.1. The molecule has 33 nitrogen and oxygen atoms in total. The summed E-state index contributed by atoms with van der Waals surface area (Å²) in [6, 6.07) is 41.6. The van der Waals surface area contributed by atoms with E-state index in [9.17, 15) is 131 Å². The Hall–Kier alpha value is -6.37. The first-order valence-corrected chi connectivity index (χ1v) is 34.7. The molecule has 2 saturated heterocycles. The quantitative estimate of drug-likeness (QED) is 0.0525. The minimum absolute atomic E-state index is 0. The average molecular weight is 1940 g/mol. The summed E-state index contributed by atoms with van der Waals surface area (Å²) in [7, 11) is -42.6. The van der Waals surface area contributed by atoms with Crippen LogP contribution in [0.25, 0.3) is 44.6 Å². The van der Waals surface area contributed by atoms with Gasteiger partial charge >= 0.3 is 171 Å². The van der Waals surface area contributed by atoms with E-state index >= 15 is 0 Å². The molecule has 2 aliphatic rings. The average Bonchev–Trinajstić information content (AvgIpc) is 1.21. The fraction of sp³-hybridized carbons (Fsp3) is 0.292. The number of nitrogen functional groups attached to an aromatic ring is 2. The van der Waals surface area contributed by atoms with Crippen molar-refractivity contribution in [1.82, 2.24) is 39.0 Å². The van der Waals surface area contributed by atoms with Gasteiger partial charge in [0.1, 0.15) is 36.6 Å². The van der Waals surface area contributed by atoms with Crippen molar-refractivity contribution in [2.75, 3.05) is 50.9 Å². The molecule has 0 saturated carbocycles. The van der Waals surface area contributed by atoms with Crippen LogP contribution < -0.4 is 45.5 Å². The summed E-state index contributed by atoms with van der Waals surface area (Å²) in [5.74, 6) is -0.202. The number of hydrogen-bond acceptors (Lipinski definition) is 20. The number of aliphatic hydroxyl groups is 6. The van der Waals surface area contributed by atoms with Crippen molar-refractivity contribution in [2.45, 2.75) is 49.1 Å². The van der Waals surface area contributed by atoms with Gasteiger partial charge in [0.2, 0.25) is 11.9 Å². The molecule has 4 aromatic carbocycles. The van der Waals surface area contributed by atoms with Crippen molar-refractivity contribution in [2.24, 2.45) is 22.9 Å². The molecule has 6 heterocycles. The molecule has 8 aromatic rings. The van der Waals surface area contributed by atoms with Crippen LogP contribution in [0, 0.1) is 0 Å². The van der Waals surface area contributed by atoms with Crippen molar-refractivity contribution in [3.05, 3.63) is 155 Å². The predicted molar refractivity (Wildman–Crippen MR) is 358 cm³/mol. The van der Waals surface area contributed by atoms with Gasteiger partial charge in [-0.15, -0.1) is 0 Å². The van der Waals surface area contributed by atoms with Gasteiger partial charge in [0, 0.05) is 26.2 Å². The van der Waals surface area contributed by atoms with Crippen molar-refractivity contribution >= 4 is 65.5 Å². The third kappa shape index (κ3) is 63.7. The first-order chi connectivity index (χ1) is 44.6. The maximum atomic E-state index is 11.7. The first-order valence-electron chi connectivity index (χ1n) is 26.6. The van der Waals surface area contributed by atoms with Gasteiger partial charge in [-0.3, -0.25) is 28.7 Å². The smallest absolute Gasteiger partial charge is 0.412 e. The number of aromatic nitrogens is 8. The fourth-order valence-corrected chi connectivity index (χ4v) is 7.00. The molecule has 38 N–H and O–H groups in total. The van der Waals surface area contributed by atoms with E-state index in [-0.39, 0.29) is 122 Å². The van der Waals surface area contributed by atoms with Gasteiger partial charge in [-0.25, -0.2) is 9.97 Å². The number of H-pyrrole nitrogens is 2. The molecule has 660 valence electrons. The second-order valence-corrected chi connectivity index (χ2v) is 27.1. The number of ether oxygens (including phenoxy) is 2. The van der Waals surface area contributed by atoms with Crippen molar-refractivity contribution in [1.29, 1.82) is 0 Å². The number of halogens is 24. The minimum Gasteiger partial charge on any atom is -0.412 e. The second kappa shape index (κ2) is 45.1. The summed E-state index contributed by atoms with van der Waals surface area (Å²) in [4.78, 5) is 43.5.